The van der Waals surface area contributed by atoms with Crippen LogP contribution in [0.1, 0.15) is 25.7 Å². The molecule has 2 N–H and O–H groups in total. The highest BCUT2D eigenvalue weighted by Gasteiger charge is 2.30. The summed E-state index contributed by atoms with van der Waals surface area (Å²) in [6, 6.07) is -1.35. The average molecular weight is 258 g/mol. The molecule has 0 aromatic carbocycles. The first-order chi connectivity index (χ1) is 8.56. The van der Waals surface area contributed by atoms with Crippen molar-refractivity contribution in [2.24, 2.45) is 0 Å². The zero-order valence-corrected chi connectivity index (χ0v) is 10.3. The number of ether oxygens (including phenoxy) is 1. The van der Waals surface area contributed by atoms with E-state index in [1.165, 1.54) is 12.0 Å². The fourth-order valence-corrected chi connectivity index (χ4v) is 1.93. The summed E-state index contributed by atoms with van der Waals surface area (Å²) in [5.41, 5.74) is 0. The third-order valence-corrected chi connectivity index (χ3v) is 2.91. The third kappa shape index (κ3) is 3.90. The number of carboxylic acids is 1. The smallest absolute Gasteiger partial charge is 0.326 e. The van der Waals surface area contributed by atoms with Crippen LogP contribution in [0.3, 0.4) is 0 Å². The maximum absolute atomic E-state index is 11.8. The van der Waals surface area contributed by atoms with Gasteiger partial charge in [0.25, 0.3) is 0 Å². The molecule has 0 aliphatic carbocycles. The summed E-state index contributed by atoms with van der Waals surface area (Å²) in [5, 5.41) is 11.5. The Balaban J connectivity index is 2.61. The normalized spacial score (nSPS) is 19.8. The predicted octanol–water partition coefficient (Wildman–Crippen LogP) is 0.198. The molecule has 0 radical (unpaired) electrons. The summed E-state index contributed by atoms with van der Waals surface area (Å²) < 4.78 is 4.40. The number of nitrogens with one attached hydrogen (secondary N) is 1. The molecule has 0 bridgehead atoms. The lowest BCUT2D eigenvalue weighted by Crippen LogP contribution is -2.50. The number of methoxy groups -OCH3 is 1. The molecule has 1 atom stereocenters. The summed E-state index contributed by atoms with van der Waals surface area (Å²) in [5.74, 6) is -1.57. The van der Waals surface area contributed by atoms with Gasteiger partial charge in [-0.25, -0.2) is 9.59 Å². The number of esters is 1. The Morgan fingerprint density at radius 2 is 2.06 bits per heavy atom. The van der Waals surface area contributed by atoms with E-state index in [-0.39, 0.29) is 6.54 Å². The van der Waals surface area contributed by atoms with Crippen LogP contribution in [-0.2, 0) is 14.3 Å². The maximum atomic E-state index is 11.8. The maximum Gasteiger partial charge on any atom is 0.326 e. The van der Waals surface area contributed by atoms with Crippen molar-refractivity contribution in [3.8, 4) is 0 Å². The van der Waals surface area contributed by atoms with Crippen molar-refractivity contribution in [2.75, 3.05) is 20.2 Å². The van der Waals surface area contributed by atoms with E-state index in [0.717, 1.165) is 19.3 Å². The Kier molecular flexibility index (Phi) is 5.41. The topological polar surface area (TPSA) is 95.9 Å². The summed E-state index contributed by atoms with van der Waals surface area (Å²) >= 11 is 0. The molecule has 1 fully saturated rings. The molecule has 1 unspecified atom stereocenters. The van der Waals surface area contributed by atoms with Gasteiger partial charge in [0.1, 0.15) is 12.6 Å². The Labute approximate surface area is 105 Å². The monoisotopic (exact) mass is 258 g/mol. The Bertz CT molecular complexity index is 331. The number of likely N-dealkylation sites (tertiary alicyclic amines) is 1. The number of hydrogen-bond acceptors (Lipinski definition) is 4. The van der Waals surface area contributed by atoms with Crippen LogP contribution in [0, 0.1) is 0 Å². The minimum atomic E-state index is -1.01. The second-order valence-corrected chi connectivity index (χ2v) is 4.13. The molecule has 0 spiro atoms. The molecule has 1 rings (SSSR count). The van der Waals surface area contributed by atoms with Crippen LogP contribution in [0.15, 0.2) is 0 Å². The fourth-order valence-electron chi connectivity index (χ4n) is 1.93. The Morgan fingerprint density at radius 1 is 1.33 bits per heavy atom. The van der Waals surface area contributed by atoms with E-state index in [1.807, 2.05) is 0 Å². The molecule has 102 valence electrons. The highest BCUT2D eigenvalue weighted by molar-refractivity contribution is 5.85. The first kappa shape index (κ1) is 14.3. The lowest BCUT2D eigenvalue weighted by molar-refractivity contribution is -0.142. The van der Waals surface area contributed by atoms with E-state index in [1.54, 1.807) is 0 Å². The van der Waals surface area contributed by atoms with Crippen molar-refractivity contribution in [1.82, 2.24) is 10.2 Å². The number of carbonyl (C=O) groups is 3. The van der Waals surface area contributed by atoms with E-state index in [2.05, 4.69) is 10.1 Å². The molecule has 0 saturated carbocycles. The fraction of sp³-hybridized carbons (Fsp3) is 0.727. The zero-order chi connectivity index (χ0) is 13.5. The van der Waals surface area contributed by atoms with Gasteiger partial charge in [0.15, 0.2) is 0 Å². The van der Waals surface area contributed by atoms with Gasteiger partial charge in [-0.1, -0.05) is 12.8 Å². The number of urea groups is 1. The summed E-state index contributed by atoms with van der Waals surface area (Å²) in [7, 11) is 1.22. The standard InChI is InChI=1S/C11H18N2O5/c1-18-9(14)7-12-11(17)13-6-4-2-3-5-8(13)10(15)16/h8H,2-7H2,1H3,(H,12,17)(H,15,16). The van der Waals surface area contributed by atoms with Gasteiger partial charge in [0.2, 0.25) is 0 Å². The van der Waals surface area contributed by atoms with Crippen LogP contribution in [0.2, 0.25) is 0 Å². The van der Waals surface area contributed by atoms with Crippen molar-refractivity contribution >= 4 is 18.0 Å². The Hall–Kier alpha value is -1.79. The van der Waals surface area contributed by atoms with Crippen molar-refractivity contribution in [3.05, 3.63) is 0 Å². The molecule has 7 nitrogen and oxygen atoms in total. The van der Waals surface area contributed by atoms with E-state index >= 15 is 0 Å². The number of amides is 2. The van der Waals surface area contributed by atoms with Gasteiger partial charge >= 0.3 is 18.0 Å². The zero-order valence-electron chi connectivity index (χ0n) is 10.3. The number of aliphatic carboxylic acids is 1. The van der Waals surface area contributed by atoms with Gasteiger partial charge < -0.3 is 20.1 Å². The highest BCUT2D eigenvalue weighted by Crippen LogP contribution is 2.17. The predicted molar refractivity (Wildman–Crippen MR) is 62.0 cm³/mol. The molecule has 1 heterocycles. The largest absolute Gasteiger partial charge is 0.480 e. The molecular formula is C11H18N2O5. The van der Waals surface area contributed by atoms with Crippen LogP contribution < -0.4 is 5.32 Å². The number of rotatable bonds is 3. The van der Waals surface area contributed by atoms with Crippen molar-refractivity contribution in [3.63, 3.8) is 0 Å². The molecule has 0 aromatic heterocycles. The lowest BCUT2D eigenvalue weighted by atomic mass is 10.1. The number of hydrogen-bond donors (Lipinski definition) is 2. The van der Waals surface area contributed by atoms with Crippen molar-refractivity contribution < 1.29 is 24.2 Å². The first-order valence-corrected chi connectivity index (χ1v) is 5.90. The minimum absolute atomic E-state index is 0.252. The van der Waals surface area contributed by atoms with Crippen LogP contribution >= 0.6 is 0 Å². The lowest BCUT2D eigenvalue weighted by Gasteiger charge is -2.26. The summed E-state index contributed by atoms with van der Waals surface area (Å²) in [6.07, 6.45) is 2.92. The summed E-state index contributed by atoms with van der Waals surface area (Å²) in [6.45, 7) is 0.141. The number of carboxylic acid groups (broad SMARTS) is 1. The summed E-state index contributed by atoms with van der Waals surface area (Å²) in [4.78, 5) is 35.1. The second kappa shape index (κ2) is 6.83. The molecule has 1 saturated heterocycles. The van der Waals surface area contributed by atoms with E-state index < -0.39 is 24.0 Å². The van der Waals surface area contributed by atoms with E-state index in [4.69, 9.17) is 5.11 Å². The van der Waals surface area contributed by atoms with Crippen LogP contribution in [0.5, 0.6) is 0 Å². The molecular weight excluding hydrogens is 240 g/mol. The molecule has 0 aromatic rings. The number of carbonyl (C=O) groups excluding carboxylic acids is 2. The van der Waals surface area contributed by atoms with Crippen LogP contribution in [-0.4, -0.2) is 54.2 Å². The van der Waals surface area contributed by atoms with E-state index in [0.29, 0.717) is 13.0 Å². The molecule has 18 heavy (non-hydrogen) atoms. The van der Waals surface area contributed by atoms with Gasteiger partial charge in [0, 0.05) is 6.54 Å². The van der Waals surface area contributed by atoms with Crippen molar-refractivity contribution in [2.45, 2.75) is 31.7 Å². The van der Waals surface area contributed by atoms with E-state index in [9.17, 15) is 14.4 Å². The Morgan fingerprint density at radius 3 is 2.67 bits per heavy atom. The van der Waals surface area contributed by atoms with Crippen molar-refractivity contribution in [1.29, 1.82) is 0 Å². The van der Waals surface area contributed by atoms with Gasteiger partial charge in [-0.05, 0) is 12.8 Å². The van der Waals surface area contributed by atoms with Crippen LogP contribution in [0.25, 0.3) is 0 Å². The van der Waals surface area contributed by atoms with Crippen LogP contribution in [0.4, 0.5) is 4.79 Å². The molecule has 7 heteroatoms. The van der Waals surface area contributed by atoms with Gasteiger partial charge in [0.05, 0.1) is 7.11 Å². The molecule has 1 aliphatic heterocycles. The molecule has 1 aliphatic rings. The highest BCUT2D eigenvalue weighted by atomic mass is 16.5. The number of nitrogens with zero attached hydrogens (tertiary/aromatic N) is 1. The average Bonchev–Trinajstić information content (AvgIpc) is 2.60. The third-order valence-electron chi connectivity index (χ3n) is 2.91. The second-order valence-electron chi connectivity index (χ2n) is 4.13. The SMILES string of the molecule is COC(=O)CNC(=O)N1CCCCCC1C(=O)O. The van der Waals surface area contributed by atoms with Gasteiger partial charge in [-0.2, -0.15) is 0 Å². The van der Waals surface area contributed by atoms with Gasteiger partial charge in [-0.15, -0.1) is 0 Å². The first-order valence-electron chi connectivity index (χ1n) is 5.90. The molecule has 2 amide bonds. The minimum Gasteiger partial charge on any atom is -0.480 e. The van der Waals surface area contributed by atoms with Gasteiger partial charge in [-0.3, -0.25) is 4.79 Å². The quantitative estimate of drug-likeness (QED) is 0.705.